The first-order valence-corrected chi connectivity index (χ1v) is 11.7. The molecule has 4 heterocycles. The highest BCUT2D eigenvalue weighted by molar-refractivity contribution is 6.08. The number of carbonyl (C=O) groups excluding carboxylic acids is 1. The molecule has 0 saturated heterocycles. The third-order valence-electron chi connectivity index (χ3n) is 6.77. The smallest absolute Gasteiger partial charge is 0.306 e. The van der Waals surface area contributed by atoms with Crippen LogP contribution in [-0.2, 0) is 6.42 Å². The van der Waals surface area contributed by atoms with Gasteiger partial charge in [-0.25, -0.2) is 9.97 Å². The average Bonchev–Trinajstić information content (AvgIpc) is 3.39. The summed E-state index contributed by atoms with van der Waals surface area (Å²) in [5.74, 6) is 0.654. The molecule has 0 radical (unpaired) electrons. The van der Waals surface area contributed by atoms with Crippen LogP contribution in [0.5, 0.6) is 0 Å². The van der Waals surface area contributed by atoms with Crippen molar-refractivity contribution in [1.82, 2.24) is 29.3 Å². The van der Waals surface area contributed by atoms with Gasteiger partial charge in [-0.05, 0) is 56.0 Å². The Labute approximate surface area is 204 Å². The molecule has 184 valence electrons. The van der Waals surface area contributed by atoms with Crippen molar-refractivity contribution in [2.75, 3.05) is 11.4 Å². The third-order valence-corrected chi connectivity index (χ3v) is 6.77. The molecule has 2 aliphatic rings. The molecule has 0 N–H and O–H groups in total. The Kier molecular flexibility index (Phi) is 5.16. The second kappa shape index (κ2) is 8.28. The van der Waals surface area contributed by atoms with Gasteiger partial charge in [-0.15, -0.1) is 10.2 Å². The fourth-order valence-corrected chi connectivity index (χ4v) is 4.47. The molecule has 1 atom stereocenters. The molecular formula is C25H22F3N7O. The first-order valence-electron chi connectivity index (χ1n) is 11.7. The number of anilines is 1. The molecule has 8 nitrogen and oxygen atoms in total. The zero-order chi connectivity index (χ0) is 25.0. The number of hydrogen-bond donors (Lipinski definition) is 0. The van der Waals surface area contributed by atoms with Crippen LogP contribution < -0.4 is 4.90 Å². The van der Waals surface area contributed by atoms with E-state index in [1.807, 2.05) is 29.0 Å². The van der Waals surface area contributed by atoms with Crippen LogP contribution in [0.3, 0.4) is 0 Å². The van der Waals surface area contributed by atoms with Crippen LogP contribution in [0.25, 0.3) is 17.2 Å². The van der Waals surface area contributed by atoms with E-state index in [2.05, 4.69) is 20.2 Å². The van der Waals surface area contributed by atoms with Gasteiger partial charge in [0.05, 0.1) is 12.0 Å². The van der Waals surface area contributed by atoms with Gasteiger partial charge in [0.25, 0.3) is 5.91 Å². The van der Waals surface area contributed by atoms with Crippen molar-refractivity contribution >= 4 is 11.7 Å². The van der Waals surface area contributed by atoms with Gasteiger partial charge in [0.2, 0.25) is 0 Å². The fraction of sp³-hybridized carbons (Fsp3) is 0.320. The number of aromatic nitrogens is 6. The van der Waals surface area contributed by atoms with Crippen LogP contribution in [-0.4, -0.2) is 47.9 Å². The molecule has 11 heteroatoms. The number of benzene rings is 1. The molecule has 1 aromatic carbocycles. The lowest BCUT2D eigenvalue weighted by Gasteiger charge is -2.28. The van der Waals surface area contributed by atoms with Crippen LogP contribution in [0.1, 0.15) is 53.3 Å². The minimum Gasteiger partial charge on any atom is -0.306 e. The summed E-state index contributed by atoms with van der Waals surface area (Å²) in [6, 6.07) is 8.85. The van der Waals surface area contributed by atoms with E-state index in [-0.39, 0.29) is 17.4 Å². The van der Waals surface area contributed by atoms with Crippen LogP contribution in [0.15, 0.2) is 55.2 Å². The second-order valence-corrected chi connectivity index (χ2v) is 9.19. The molecule has 6 rings (SSSR count). The van der Waals surface area contributed by atoms with Gasteiger partial charge in [0, 0.05) is 29.9 Å². The number of nitrogens with zero attached hydrogens (tertiary/aromatic N) is 7. The number of fused-ring (bicyclic) bond motifs is 1. The maximum absolute atomic E-state index is 13.5. The van der Waals surface area contributed by atoms with E-state index in [4.69, 9.17) is 0 Å². The minimum absolute atomic E-state index is 0.0135. The molecule has 1 aliphatic heterocycles. The maximum Gasteiger partial charge on any atom is 0.408 e. The van der Waals surface area contributed by atoms with E-state index in [0.29, 0.717) is 30.3 Å². The molecule has 36 heavy (non-hydrogen) atoms. The Hall–Kier alpha value is -4.02. The molecular weight excluding hydrogens is 471 g/mol. The second-order valence-electron chi connectivity index (χ2n) is 9.19. The SMILES string of the molecule is CC(n1cnnc1-c1cccc(N2CCc3ccc(-n4cnc(C5CC5)c4)cc3C2=O)n1)C(F)(F)F. The van der Waals surface area contributed by atoms with E-state index < -0.39 is 12.2 Å². The first-order chi connectivity index (χ1) is 17.3. The highest BCUT2D eigenvalue weighted by atomic mass is 19.4. The van der Waals surface area contributed by atoms with E-state index in [1.165, 1.54) is 0 Å². The molecule has 1 unspecified atom stereocenters. The normalized spacial score (nSPS) is 16.8. The minimum atomic E-state index is -4.46. The lowest BCUT2D eigenvalue weighted by molar-refractivity contribution is -0.162. The molecule has 1 saturated carbocycles. The summed E-state index contributed by atoms with van der Waals surface area (Å²) in [6.45, 7) is 1.44. The summed E-state index contributed by atoms with van der Waals surface area (Å²) in [4.78, 5) is 24.0. The fourth-order valence-electron chi connectivity index (χ4n) is 4.47. The lowest BCUT2D eigenvalue weighted by Crippen LogP contribution is -2.38. The Morgan fingerprint density at radius 3 is 2.72 bits per heavy atom. The Morgan fingerprint density at radius 2 is 1.94 bits per heavy atom. The molecule has 1 amide bonds. The van der Waals surface area contributed by atoms with Crippen molar-refractivity contribution in [3.8, 4) is 17.2 Å². The van der Waals surface area contributed by atoms with Crippen molar-refractivity contribution in [2.45, 2.75) is 44.3 Å². The summed E-state index contributed by atoms with van der Waals surface area (Å²) in [6.07, 6.45) is 3.30. The summed E-state index contributed by atoms with van der Waals surface area (Å²) < 4.78 is 42.8. The largest absolute Gasteiger partial charge is 0.408 e. The quantitative estimate of drug-likeness (QED) is 0.402. The third kappa shape index (κ3) is 3.94. The topological polar surface area (TPSA) is 81.7 Å². The number of pyridine rings is 1. The maximum atomic E-state index is 13.5. The van der Waals surface area contributed by atoms with Crippen molar-refractivity contribution in [3.05, 3.63) is 72.1 Å². The first kappa shape index (κ1) is 22.4. The zero-order valence-corrected chi connectivity index (χ0v) is 19.4. The number of imidazole rings is 1. The van der Waals surface area contributed by atoms with E-state index in [0.717, 1.165) is 47.6 Å². The van der Waals surface area contributed by atoms with Gasteiger partial charge in [0.15, 0.2) is 5.82 Å². The highest BCUT2D eigenvalue weighted by Crippen LogP contribution is 2.39. The van der Waals surface area contributed by atoms with E-state index >= 15 is 0 Å². The van der Waals surface area contributed by atoms with Crippen molar-refractivity contribution in [2.24, 2.45) is 0 Å². The van der Waals surface area contributed by atoms with Crippen molar-refractivity contribution < 1.29 is 18.0 Å². The summed E-state index contributed by atoms with van der Waals surface area (Å²) in [5.41, 5.74) is 3.63. The predicted molar refractivity (Wildman–Crippen MR) is 125 cm³/mol. The standard InChI is InChI=1S/C25H22F3N7O/c1-15(25(26,27)28)35-14-30-32-23(35)20-3-2-4-22(31-20)34-10-9-16-7-8-18(11-19(16)24(34)36)33-12-21(29-13-33)17-5-6-17/h2-4,7-8,11-15,17H,5-6,9-10H2,1H3. The Morgan fingerprint density at radius 1 is 1.11 bits per heavy atom. The monoisotopic (exact) mass is 493 g/mol. The van der Waals surface area contributed by atoms with Crippen molar-refractivity contribution in [1.29, 1.82) is 0 Å². The average molecular weight is 493 g/mol. The number of halogens is 3. The van der Waals surface area contributed by atoms with Gasteiger partial charge in [0.1, 0.15) is 23.9 Å². The van der Waals surface area contributed by atoms with Gasteiger partial charge in [-0.1, -0.05) is 12.1 Å². The summed E-state index contributed by atoms with van der Waals surface area (Å²) >= 11 is 0. The molecule has 1 aliphatic carbocycles. The number of amides is 1. The van der Waals surface area contributed by atoms with Crippen molar-refractivity contribution in [3.63, 3.8) is 0 Å². The number of rotatable bonds is 5. The van der Waals surface area contributed by atoms with Crippen LogP contribution in [0.2, 0.25) is 0 Å². The van der Waals surface area contributed by atoms with Crippen LogP contribution in [0, 0.1) is 0 Å². The van der Waals surface area contributed by atoms with Gasteiger partial charge >= 0.3 is 6.18 Å². The Balaban J connectivity index is 1.30. The summed E-state index contributed by atoms with van der Waals surface area (Å²) in [5, 5.41) is 7.52. The van der Waals surface area contributed by atoms with Gasteiger partial charge in [-0.3, -0.25) is 9.69 Å². The predicted octanol–water partition coefficient (Wildman–Crippen LogP) is 4.73. The van der Waals surface area contributed by atoms with Gasteiger partial charge in [-0.2, -0.15) is 13.2 Å². The van der Waals surface area contributed by atoms with Gasteiger partial charge < -0.3 is 9.13 Å². The number of carbonyl (C=O) groups is 1. The highest BCUT2D eigenvalue weighted by Gasteiger charge is 2.39. The number of alkyl halides is 3. The lowest BCUT2D eigenvalue weighted by atomic mass is 9.98. The number of hydrogen-bond acceptors (Lipinski definition) is 5. The van der Waals surface area contributed by atoms with E-state index in [1.54, 1.807) is 29.4 Å². The molecule has 0 spiro atoms. The summed E-state index contributed by atoms with van der Waals surface area (Å²) in [7, 11) is 0. The van der Waals surface area contributed by atoms with E-state index in [9.17, 15) is 18.0 Å². The molecule has 0 bridgehead atoms. The molecule has 4 aromatic rings. The Bertz CT molecular complexity index is 1450. The zero-order valence-electron chi connectivity index (χ0n) is 19.4. The van der Waals surface area contributed by atoms with Crippen LogP contribution >= 0.6 is 0 Å². The van der Waals surface area contributed by atoms with Crippen LogP contribution in [0.4, 0.5) is 19.0 Å². The molecule has 1 fully saturated rings. The molecule has 3 aromatic heterocycles.